The van der Waals surface area contributed by atoms with Crippen molar-refractivity contribution in [3.05, 3.63) is 47.7 Å². The predicted molar refractivity (Wildman–Crippen MR) is 74.0 cm³/mol. The molecule has 0 amide bonds. The number of nitrogens with zero attached hydrogens (tertiary/aromatic N) is 4. The van der Waals surface area contributed by atoms with Gasteiger partial charge in [-0.1, -0.05) is 6.07 Å². The summed E-state index contributed by atoms with van der Waals surface area (Å²) in [6.45, 7) is 3.49. The van der Waals surface area contributed by atoms with Crippen LogP contribution < -0.4 is 11.3 Å². The standard InChI is InChI=1S/C13H18N6/c1-10-4-3-5-11(17-10)8-19(2)9-12-6-16-13(18-14)7-15-12/h3-7H,8-9,14H2,1-2H3,(H,16,18). The third-order valence-electron chi connectivity index (χ3n) is 2.66. The van der Waals surface area contributed by atoms with Crippen LogP contribution in [0, 0.1) is 6.92 Å². The van der Waals surface area contributed by atoms with Crippen molar-refractivity contribution in [3.63, 3.8) is 0 Å². The Kier molecular flexibility index (Phi) is 4.38. The van der Waals surface area contributed by atoms with Crippen molar-refractivity contribution in [2.45, 2.75) is 20.0 Å². The Morgan fingerprint density at radius 3 is 2.58 bits per heavy atom. The molecule has 100 valence electrons. The second-order valence-corrected chi connectivity index (χ2v) is 4.48. The van der Waals surface area contributed by atoms with Gasteiger partial charge in [-0.2, -0.15) is 0 Å². The van der Waals surface area contributed by atoms with Crippen LogP contribution in [0.4, 0.5) is 5.82 Å². The molecule has 2 rings (SSSR count). The largest absolute Gasteiger partial charge is 0.307 e. The van der Waals surface area contributed by atoms with Gasteiger partial charge in [0.2, 0.25) is 0 Å². The zero-order valence-corrected chi connectivity index (χ0v) is 11.2. The van der Waals surface area contributed by atoms with E-state index in [-0.39, 0.29) is 0 Å². The van der Waals surface area contributed by atoms with Gasteiger partial charge < -0.3 is 5.43 Å². The van der Waals surface area contributed by atoms with E-state index < -0.39 is 0 Å². The number of nitrogen functional groups attached to an aromatic ring is 1. The Balaban J connectivity index is 1.95. The minimum absolute atomic E-state index is 0.562. The van der Waals surface area contributed by atoms with Crippen molar-refractivity contribution in [3.8, 4) is 0 Å². The van der Waals surface area contributed by atoms with Gasteiger partial charge in [-0.15, -0.1) is 0 Å². The molecule has 6 heteroatoms. The van der Waals surface area contributed by atoms with E-state index in [0.717, 1.165) is 23.6 Å². The lowest BCUT2D eigenvalue weighted by molar-refractivity contribution is 0.310. The second kappa shape index (κ2) is 6.21. The molecule has 0 atom stereocenters. The van der Waals surface area contributed by atoms with Crippen molar-refractivity contribution >= 4 is 5.82 Å². The third kappa shape index (κ3) is 3.97. The molecule has 0 fully saturated rings. The summed E-state index contributed by atoms with van der Waals surface area (Å²) in [4.78, 5) is 15.0. The maximum atomic E-state index is 5.25. The summed E-state index contributed by atoms with van der Waals surface area (Å²) in [6, 6.07) is 6.04. The summed E-state index contributed by atoms with van der Waals surface area (Å²) in [6.07, 6.45) is 3.34. The molecular formula is C13H18N6. The van der Waals surface area contributed by atoms with Crippen LogP contribution in [0.25, 0.3) is 0 Å². The topological polar surface area (TPSA) is 80.0 Å². The van der Waals surface area contributed by atoms with Gasteiger partial charge in [0.25, 0.3) is 0 Å². The van der Waals surface area contributed by atoms with Crippen LogP contribution in [-0.2, 0) is 13.1 Å². The van der Waals surface area contributed by atoms with Gasteiger partial charge in [-0.3, -0.25) is 14.9 Å². The first-order chi connectivity index (χ1) is 9.17. The predicted octanol–water partition coefficient (Wildman–Crippen LogP) is 1.10. The Morgan fingerprint density at radius 1 is 1.16 bits per heavy atom. The molecule has 0 aliphatic rings. The SMILES string of the molecule is Cc1cccc(CN(C)Cc2cnc(NN)cn2)n1. The number of aryl methyl sites for hydroxylation is 1. The highest BCUT2D eigenvalue weighted by molar-refractivity contribution is 5.28. The van der Waals surface area contributed by atoms with Crippen LogP contribution in [-0.4, -0.2) is 26.9 Å². The van der Waals surface area contributed by atoms with E-state index in [1.807, 2.05) is 32.2 Å². The number of rotatable bonds is 5. The van der Waals surface area contributed by atoms with Crippen LogP contribution in [0.1, 0.15) is 17.1 Å². The van der Waals surface area contributed by atoms with Gasteiger partial charge in [-0.25, -0.2) is 10.8 Å². The molecule has 0 aromatic carbocycles. The van der Waals surface area contributed by atoms with Gasteiger partial charge in [-0.05, 0) is 26.1 Å². The monoisotopic (exact) mass is 258 g/mol. The van der Waals surface area contributed by atoms with Gasteiger partial charge in [0.05, 0.1) is 23.8 Å². The molecule has 2 heterocycles. The van der Waals surface area contributed by atoms with Crippen LogP contribution in [0.15, 0.2) is 30.6 Å². The Morgan fingerprint density at radius 2 is 1.95 bits per heavy atom. The molecule has 0 aliphatic heterocycles. The Hall–Kier alpha value is -2.05. The minimum atomic E-state index is 0.562. The van der Waals surface area contributed by atoms with E-state index in [1.165, 1.54) is 0 Å². The summed E-state index contributed by atoms with van der Waals surface area (Å²) in [7, 11) is 2.03. The first-order valence-electron chi connectivity index (χ1n) is 6.06. The highest BCUT2D eigenvalue weighted by Gasteiger charge is 2.04. The van der Waals surface area contributed by atoms with Crippen LogP contribution in [0.2, 0.25) is 0 Å². The highest BCUT2D eigenvalue weighted by atomic mass is 15.3. The van der Waals surface area contributed by atoms with E-state index in [1.54, 1.807) is 12.4 Å². The summed E-state index contributed by atoms with van der Waals surface area (Å²) in [5, 5.41) is 0. The number of pyridine rings is 1. The molecule has 0 bridgehead atoms. The van der Waals surface area contributed by atoms with Crippen molar-refractivity contribution in [2.75, 3.05) is 12.5 Å². The van der Waals surface area contributed by atoms with E-state index in [4.69, 9.17) is 5.84 Å². The Bertz CT molecular complexity index is 525. The van der Waals surface area contributed by atoms with E-state index in [2.05, 4.69) is 25.3 Å². The molecule has 0 spiro atoms. The third-order valence-corrected chi connectivity index (χ3v) is 2.66. The van der Waals surface area contributed by atoms with Crippen molar-refractivity contribution < 1.29 is 0 Å². The molecule has 3 N–H and O–H groups in total. The summed E-state index contributed by atoms with van der Waals surface area (Å²) in [5.74, 6) is 5.81. The molecular weight excluding hydrogens is 240 g/mol. The fourth-order valence-electron chi connectivity index (χ4n) is 1.81. The first-order valence-corrected chi connectivity index (χ1v) is 6.06. The van der Waals surface area contributed by atoms with Gasteiger partial charge in [0.1, 0.15) is 0 Å². The van der Waals surface area contributed by atoms with Gasteiger partial charge in [0, 0.05) is 18.8 Å². The Labute approximate surface area is 112 Å². The van der Waals surface area contributed by atoms with Crippen LogP contribution in [0.5, 0.6) is 0 Å². The first kappa shape index (κ1) is 13.4. The molecule has 19 heavy (non-hydrogen) atoms. The van der Waals surface area contributed by atoms with Crippen LogP contribution in [0.3, 0.4) is 0 Å². The normalized spacial score (nSPS) is 10.7. The number of nitrogens with two attached hydrogens (primary N) is 1. The average molecular weight is 258 g/mol. The van der Waals surface area contributed by atoms with E-state index in [9.17, 15) is 0 Å². The number of hydrogen-bond acceptors (Lipinski definition) is 6. The molecule has 0 aliphatic carbocycles. The summed E-state index contributed by atoms with van der Waals surface area (Å²) in [5.41, 5.74) is 5.44. The van der Waals surface area contributed by atoms with Crippen molar-refractivity contribution in [2.24, 2.45) is 5.84 Å². The molecule has 0 saturated carbocycles. The number of hydrazine groups is 1. The molecule has 6 nitrogen and oxygen atoms in total. The summed E-state index contributed by atoms with van der Waals surface area (Å²) < 4.78 is 0. The molecule has 0 unspecified atom stereocenters. The van der Waals surface area contributed by atoms with Crippen molar-refractivity contribution in [1.29, 1.82) is 0 Å². The number of aromatic nitrogens is 3. The smallest absolute Gasteiger partial charge is 0.158 e. The second-order valence-electron chi connectivity index (χ2n) is 4.48. The number of nitrogens with one attached hydrogen (secondary N) is 1. The maximum Gasteiger partial charge on any atom is 0.158 e. The average Bonchev–Trinajstić information content (AvgIpc) is 2.39. The molecule has 2 aromatic rings. The van der Waals surface area contributed by atoms with Crippen LogP contribution >= 0.6 is 0 Å². The minimum Gasteiger partial charge on any atom is -0.307 e. The molecule has 0 radical (unpaired) electrons. The lowest BCUT2D eigenvalue weighted by Gasteiger charge is -2.15. The van der Waals surface area contributed by atoms with Crippen molar-refractivity contribution in [1.82, 2.24) is 19.9 Å². The number of anilines is 1. The van der Waals surface area contributed by atoms with Gasteiger partial charge >= 0.3 is 0 Å². The zero-order valence-electron chi connectivity index (χ0n) is 11.2. The highest BCUT2D eigenvalue weighted by Crippen LogP contribution is 2.06. The zero-order chi connectivity index (χ0) is 13.7. The molecule has 0 saturated heterocycles. The lowest BCUT2D eigenvalue weighted by atomic mass is 10.3. The lowest BCUT2D eigenvalue weighted by Crippen LogP contribution is -2.19. The van der Waals surface area contributed by atoms with E-state index in [0.29, 0.717) is 12.4 Å². The maximum absolute atomic E-state index is 5.25. The van der Waals surface area contributed by atoms with E-state index >= 15 is 0 Å². The fraction of sp³-hybridized carbons (Fsp3) is 0.308. The summed E-state index contributed by atoms with van der Waals surface area (Å²) >= 11 is 0. The molecule has 2 aromatic heterocycles. The number of hydrogen-bond donors (Lipinski definition) is 2. The van der Waals surface area contributed by atoms with Gasteiger partial charge in [0.15, 0.2) is 5.82 Å². The quantitative estimate of drug-likeness (QED) is 0.617. The fourth-order valence-corrected chi connectivity index (χ4v) is 1.81.